The highest BCUT2D eigenvalue weighted by Crippen LogP contribution is 2.30. The molecule has 0 spiro atoms. The Hall–Kier alpha value is -2.21. The number of nitrogens with zero attached hydrogens (tertiary/aromatic N) is 2. The summed E-state index contributed by atoms with van der Waals surface area (Å²) < 4.78 is 42.6. The first kappa shape index (κ1) is 13.9. The molecule has 1 rings (SSSR count). The van der Waals surface area contributed by atoms with Crippen molar-refractivity contribution in [3.63, 3.8) is 0 Å². The van der Waals surface area contributed by atoms with Gasteiger partial charge in [-0.05, 0) is 26.0 Å². The van der Waals surface area contributed by atoms with Gasteiger partial charge in [-0.25, -0.2) is 4.98 Å². The number of hydrogen-bond donors (Lipinski definition) is 0. The first-order valence-electron chi connectivity index (χ1n) is 4.85. The van der Waals surface area contributed by atoms with Crippen molar-refractivity contribution in [1.29, 1.82) is 5.26 Å². The molecular weight excluding hydrogens is 245 g/mol. The van der Waals surface area contributed by atoms with Crippen molar-refractivity contribution in [1.82, 2.24) is 4.98 Å². The van der Waals surface area contributed by atoms with Gasteiger partial charge >= 0.3 is 6.18 Å². The highest BCUT2D eigenvalue weighted by atomic mass is 19.4. The van der Waals surface area contributed by atoms with E-state index in [1.54, 1.807) is 6.07 Å². The lowest BCUT2D eigenvalue weighted by Crippen LogP contribution is -2.27. The largest absolute Gasteiger partial charge is 0.457 e. The lowest BCUT2D eigenvalue weighted by atomic mass is 10.1. The van der Waals surface area contributed by atoms with Crippen molar-refractivity contribution >= 4 is 0 Å². The molecule has 0 unspecified atom stereocenters. The van der Waals surface area contributed by atoms with Crippen molar-refractivity contribution in [3.8, 4) is 24.3 Å². The van der Waals surface area contributed by atoms with E-state index in [2.05, 4.69) is 10.9 Å². The topological polar surface area (TPSA) is 45.9 Å². The summed E-state index contributed by atoms with van der Waals surface area (Å²) in [6.45, 7) is 2.96. The van der Waals surface area contributed by atoms with Gasteiger partial charge in [0.25, 0.3) is 0 Å². The average Bonchev–Trinajstić information content (AvgIpc) is 2.27. The normalized spacial score (nSPS) is 11.5. The Bertz CT molecular complexity index is 536. The maximum Gasteiger partial charge on any atom is 0.433 e. The fourth-order valence-corrected chi connectivity index (χ4v) is 1.03. The second kappa shape index (κ2) is 4.58. The number of halogens is 3. The number of pyridine rings is 1. The fraction of sp³-hybridized carbons (Fsp3) is 0.333. The molecule has 0 radical (unpaired) electrons. The lowest BCUT2D eigenvalue weighted by molar-refractivity contribution is -0.141. The van der Waals surface area contributed by atoms with Gasteiger partial charge in [-0.2, -0.15) is 18.4 Å². The number of rotatable bonds is 2. The molecule has 1 heterocycles. The maximum absolute atomic E-state index is 12.5. The van der Waals surface area contributed by atoms with E-state index in [-0.39, 0.29) is 5.56 Å². The molecule has 0 aliphatic heterocycles. The van der Waals surface area contributed by atoms with Gasteiger partial charge in [0.15, 0.2) is 5.60 Å². The summed E-state index contributed by atoms with van der Waals surface area (Å²) in [5.74, 6) is 1.83. The molecule has 0 amide bonds. The van der Waals surface area contributed by atoms with Crippen molar-refractivity contribution in [2.75, 3.05) is 0 Å². The van der Waals surface area contributed by atoms with E-state index in [0.717, 1.165) is 6.07 Å². The average molecular weight is 254 g/mol. The second-order valence-electron chi connectivity index (χ2n) is 3.92. The zero-order valence-corrected chi connectivity index (χ0v) is 9.67. The van der Waals surface area contributed by atoms with Crippen LogP contribution in [0.5, 0.6) is 5.88 Å². The van der Waals surface area contributed by atoms with Crippen LogP contribution in [0.4, 0.5) is 13.2 Å². The predicted molar refractivity (Wildman–Crippen MR) is 57.5 cm³/mol. The zero-order chi connectivity index (χ0) is 14.0. The highest BCUT2D eigenvalue weighted by Gasteiger charge is 2.34. The van der Waals surface area contributed by atoms with Crippen LogP contribution in [0.3, 0.4) is 0 Å². The van der Waals surface area contributed by atoms with Crippen LogP contribution in [-0.2, 0) is 6.18 Å². The summed E-state index contributed by atoms with van der Waals surface area (Å²) >= 11 is 0. The molecule has 0 N–H and O–H groups in total. The van der Waals surface area contributed by atoms with Gasteiger partial charge in [0.05, 0.1) is 0 Å². The second-order valence-corrected chi connectivity index (χ2v) is 3.92. The molecule has 0 aliphatic carbocycles. The maximum atomic E-state index is 12.5. The Morgan fingerprint density at radius 2 is 1.94 bits per heavy atom. The van der Waals surface area contributed by atoms with E-state index in [1.807, 2.05) is 0 Å². The Labute approximate surface area is 102 Å². The molecule has 0 fully saturated rings. The number of nitriles is 1. The van der Waals surface area contributed by atoms with Gasteiger partial charge in [-0.15, -0.1) is 6.42 Å². The first-order valence-corrected chi connectivity index (χ1v) is 4.85. The summed E-state index contributed by atoms with van der Waals surface area (Å²) in [6.07, 6.45) is 0.557. The molecule has 18 heavy (non-hydrogen) atoms. The van der Waals surface area contributed by atoms with Gasteiger partial charge in [-0.1, -0.05) is 5.92 Å². The van der Waals surface area contributed by atoms with Gasteiger partial charge in [0.1, 0.15) is 17.3 Å². The molecule has 0 aliphatic rings. The molecule has 0 atom stereocenters. The first-order chi connectivity index (χ1) is 8.19. The van der Waals surface area contributed by atoms with Crippen LogP contribution in [0.25, 0.3) is 0 Å². The predicted octanol–water partition coefficient (Wildman–Crippen LogP) is 2.76. The van der Waals surface area contributed by atoms with E-state index in [4.69, 9.17) is 16.4 Å². The summed E-state index contributed by atoms with van der Waals surface area (Å²) in [5, 5.41) is 8.78. The highest BCUT2D eigenvalue weighted by molar-refractivity contribution is 5.40. The summed E-state index contributed by atoms with van der Waals surface area (Å²) in [6, 6.07) is 3.41. The Morgan fingerprint density at radius 1 is 1.33 bits per heavy atom. The number of aromatic nitrogens is 1. The van der Waals surface area contributed by atoms with Gasteiger partial charge < -0.3 is 4.74 Å². The molecular formula is C12H9F3N2O. The number of ether oxygens (including phenoxy) is 1. The van der Waals surface area contributed by atoms with Crippen LogP contribution in [0.2, 0.25) is 0 Å². The molecule has 0 bridgehead atoms. The van der Waals surface area contributed by atoms with Crippen molar-refractivity contribution in [2.24, 2.45) is 0 Å². The quantitative estimate of drug-likeness (QED) is 0.762. The number of terminal acetylenes is 1. The fourth-order valence-electron chi connectivity index (χ4n) is 1.03. The molecule has 3 nitrogen and oxygen atoms in total. The van der Waals surface area contributed by atoms with Crippen LogP contribution in [0.1, 0.15) is 25.1 Å². The third-order valence-electron chi connectivity index (χ3n) is 1.97. The lowest BCUT2D eigenvalue weighted by Gasteiger charge is -2.20. The van der Waals surface area contributed by atoms with Crippen LogP contribution in [-0.4, -0.2) is 10.6 Å². The summed E-state index contributed by atoms with van der Waals surface area (Å²) in [4.78, 5) is 3.28. The van der Waals surface area contributed by atoms with E-state index >= 15 is 0 Å². The third-order valence-corrected chi connectivity index (χ3v) is 1.97. The zero-order valence-electron chi connectivity index (χ0n) is 9.67. The SMILES string of the molecule is C#CC(C)(C)Oc1nc(C(F)(F)F)ccc1C#N. The minimum absolute atomic E-state index is 0.105. The number of alkyl halides is 3. The van der Waals surface area contributed by atoms with Crippen molar-refractivity contribution in [2.45, 2.75) is 25.6 Å². The monoisotopic (exact) mass is 254 g/mol. The smallest absolute Gasteiger partial charge is 0.433 e. The Kier molecular flexibility index (Phi) is 3.52. The van der Waals surface area contributed by atoms with Crippen molar-refractivity contribution < 1.29 is 17.9 Å². The van der Waals surface area contributed by atoms with Gasteiger partial charge in [0, 0.05) is 0 Å². The van der Waals surface area contributed by atoms with E-state index in [0.29, 0.717) is 6.07 Å². The molecule has 1 aromatic rings. The van der Waals surface area contributed by atoms with Crippen LogP contribution in [0.15, 0.2) is 12.1 Å². The Balaban J connectivity index is 3.26. The summed E-state index contributed by atoms with van der Waals surface area (Å²) in [5.41, 5.74) is -2.39. The van der Waals surface area contributed by atoms with Crippen LogP contribution >= 0.6 is 0 Å². The molecule has 6 heteroatoms. The molecule has 0 aromatic carbocycles. The molecule has 0 saturated carbocycles. The van der Waals surface area contributed by atoms with Gasteiger partial charge in [-0.3, -0.25) is 0 Å². The number of hydrogen-bond acceptors (Lipinski definition) is 3. The molecule has 94 valence electrons. The molecule has 1 aromatic heterocycles. The van der Waals surface area contributed by atoms with E-state index in [1.165, 1.54) is 13.8 Å². The van der Waals surface area contributed by atoms with E-state index < -0.39 is 23.4 Å². The minimum Gasteiger partial charge on any atom is -0.457 e. The van der Waals surface area contributed by atoms with E-state index in [9.17, 15) is 13.2 Å². The Morgan fingerprint density at radius 3 is 2.39 bits per heavy atom. The van der Waals surface area contributed by atoms with Crippen LogP contribution < -0.4 is 4.74 Å². The minimum atomic E-state index is -4.60. The molecule has 0 saturated heterocycles. The van der Waals surface area contributed by atoms with Crippen LogP contribution in [0, 0.1) is 23.7 Å². The third kappa shape index (κ3) is 3.14. The van der Waals surface area contributed by atoms with Crippen molar-refractivity contribution in [3.05, 3.63) is 23.4 Å². The van der Waals surface area contributed by atoms with Gasteiger partial charge in [0.2, 0.25) is 5.88 Å². The standard InChI is InChI=1S/C12H9F3N2O/c1-4-11(2,3)18-10-8(7-16)5-6-9(17-10)12(13,14)15/h1,5-6H,2-3H3. The summed E-state index contributed by atoms with van der Waals surface area (Å²) in [7, 11) is 0.